The molecule has 0 atom stereocenters. The van der Waals surface area contributed by atoms with E-state index in [1.807, 2.05) is 19.9 Å². The van der Waals surface area contributed by atoms with Crippen LogP contribution >= 0.6 is 0 Å². The first-order valence-electron chi connectivity index (χ1n) is 13.5. The molecular formula is C30H33F3N2O5S. The average molecular weight is 591 g/mol. The Labute approximate surface area is 238 Å². The van der Waals surface area contributed by atoms with E-state index in [4.69, 9.17) is 4.74 Å². The number of carbonyl (C=O) groups excluding carboxylic acids is 1. The number of hydrogen-bond donors (Lipinski definition) is 1. The maximum Gasteiger partial charge on any atom is 0.573 e. The molecule has 1 N–H and O–H groups in total. The van der Waals surface area contributed by atoms with Crippen LogP contribution in [0.3, 0.4) is 0 Å². The zero-order valence-corrected chi connectivity index (χ0v) is 23.7. The molecule has 0 unspecified atom stereocenters. The van der Waals surface area contributed by atoms with Gasteiger partial charge in [0.15, 0.2) is 0 Å². The van der Waals surface area contributed by atoms with Gasteiger partial charge in [0.1, 0.15) is 17.6 Å². The number of piperidine rings is 1. The van der Waals surface area contributed by atoms with Gasteiger partial charge in [0.2, 0.25) is 10.0 Å². The summed E-state index contributed by atoms with van der Waals surface area (Å²) in [7, 11) is -3.25. The van der Waals surface area contributed by atoms with Crippen LogP contribution in [0.4, 0.5) is 18.9 Å². The molecule has 0 radical (unpaired) electrons. The van der Waals surface area contributed by atoms with Gasteiger partial charge in [0.05, 0.1) is 5.75 Å². The zero-order chi connectivity index (χ0) is 29.6. The van der Waals surface area contributed by atoms with E-state index in [0.29, 0.717) is 60.5 Å². The highest BCUT2D eigenvalue weighted by molar-refractivity contribution is 7.89. The third kappa shape index (κ3) is 8.23. The molecule has 7 nitrogen and oxygen atoms in total. The molecule has 1 aliphatic heterocycles. The summed E-state index contributed by atoms with van der Waals surface area (Å²) in [6.07, 6.45) is -2.33. The molecule has 4 rings (SSSR count). The maximum atomic E-state index is 13.3. The Balaban J connectivity index is 1.43. The number of ether oxygens (including phenoxy) is 2. The predicted molar refractivity (Wildman–Crippen MR) is 152 cm³/mol. The Hall–Kier alpha value is -3.57. The van der Waals surface area contributed by atoms with Crippen molar-refractivity contribution in [2.45, 2.75) is 52.0 Å². The highest BCUT2D eigenvalue weighted by Crippen LogP contribution is 2.32. The lowest BCUT2D eigenvalue weighted by Crippen LogP contribution is -2.42. The first-order valence-corrected chi connectivity index (χ1v) is 15.1. The Kier molecular flexibility index (Phi) is 9.60. The Morgan fingerprint density at radius 1 is 1.00 bits per heavy atom. The molecule has 41 heavy (non-hydrogen) atoms. The lowest BCUT2D eigenvalue weighted by atomic mass is 9.94. The van der Waals surface area contributed by atoms with Gasteiger partial charge in [-0.2, -0.15) is 0 Å². The largest absolute Gasteiger partial charge is 0.573 e. The summed E-state index contributed by atoms with van der Waals surface area (Å²) in [5.41, 5.74) is 2.81. The number of aryl methyl sites for hydroxylation is 1. The normalized spacial score (nSPS) is 15.0. The summed E-state index contributed by atoms with van der Waals surface area (Å²) < 4.78 is 74.2. The fraction of sp³-hybridized carbons (Fsp3) is 0.367. The quantitative estimate of drug-likeness (QED) is 0.281. The minimum absolute atomic E-state index is 0.147. The van der Waals surface area contributed by atoms with Gasteiger partial charge in [0, 0.05) is 30.4 Å². The summed E-state index contributed by atoms with van der Waals surface area (Å²) in [6, 6.07) is 17.6. The van der Waals surface area contributed by atoms with Gasteiger partial charge in [-0.25, -0.2) is 12.7 Å². The highest BCUT2D eigenvalue weighted by atomic mass is 32.2. The number of sulfonamides is 1. The van der Waals surface area contributed by atoms with E-state index in [-0.39, 0.29) is 23.5 Å². The number of alkyl halides is 3. The third-order valence-electron chi connectivity index (χ3n) is 6.84. The first kappa shape index (κ1) is 30.4. The Morgan fingerprint density at radius 2 is 1.68 bits per heavy atom. The van der Waals surface area contributed by atoms with Crippen LogP contribution in [0.5, 0.6) is 11.5 Å². The van der Waals surface area contributed by atoms with Gasteiger partial charge in [-0.05, 0) is 73.2 Å². The Bertz CT molecular complexity index is 1450. The first-order chi connectivity index (χ1) is 19.4. The minimum Gasteiger partial charge on any atom is -0.490 e. The van der Waals surface area contributed by atoms with Crippen molar-refractivity contribution < 1.29 is 35.9 Å². The second-order valence-corrected chi connectivity index (χ2v) is 12.0. The minimum atomic E-state index is -4.79. The molecule has 11 heteroatoms. The second kappa shape index (κ2) is 12.9. The molecule has 0 aliphatic carbocycles. The maximum absolute atomic E-state index is 13.3. The number of benzene rings is 3. The Morgan fingerprint density at radius 3 is 2.34 bits per heavy atom. The molecule has 220 valence electrons. The third-order valence-corrected chi connectivity index (χ3v) is 8.80. The van der Waals surface area contributed by atoms with Crippen LogP contribution in [0.2, 0.25) is 0 Å². The van der Waals surface area contributed by atoms with E-state index < -0.39 is 16.4 Å². The molecular weight excluding hydrogens is 557 g/mol. The lowest BCUT2D eigenvalue weighted by molar-refractivity contribution is -0.274. The van der Waals surface area contributed by atoms with Crippen LogP contribution in [0, 0.1) is 6.92 Å². The van der Waals surface area contributed by atoms with Crippen LogP contribution in [-0.2, 0) is 10.0 Å². The smallest absolute Gasteiger partial charge is 0.490 e. The molecule has 0 saturated carbocycles. The van der Waals surface area contributed by atoms with Crippen LogP contribution < -0.4 is 14.8 Å². The average Bonchev–Trinajstić information content (AvgIpc) is 2.92. The van der Waals surface area contributed by atoms with Crippen molar-refractivity contribution >= 4 is 21.6 Å². The van der Waals surface area contributed by atoms with Crippen LogP contribution in [-0.4, -0.2) is 49.9 Å². The number of carbonyl (C=O) groups is 1. The number of amides is 1. The van der Waals surface area contributed by atoms with Gasteiger partial charge in [0.25, 0.3) is 5.91 Å². The molecule has 1 amide bonds. The topological polar surface area (TPSA) is 84.9 Å². The van der Waals surface area contributed by atoms with Crippen LogP contribution in [0.25, 0.3) is 11.1 Å². The van der Waals surface area contributed by atoms with Crippen LogP contribution in [0.1, 0.15) is 48.5 Å². The van der Waals surface area contributed by atoms with Gasteiger partial charge >= 0.3 is 6.36 Å². The monoisotopic (exact) mass is 590 g/mol. The zero-order valence-electron chi connectivity index (χ0n) is 22.9. The lowest BCUT2D eigenvalue weighted by Gasteiger charge is -2.31. The molecule has 1 aliphatic rings. The van der Waals surface area contributed by atoms with Crippen molar-refractivity contribution in [1.82, 2.24) is 4.31 Å². The van der Waals surface area contributed by atoms with Crippen molar-refractivity contribution in [2.24, 2.45) is 0 Å². The number of halogens is 3. The van der Waals surface area contributed by atoms with E-state index in [9.17, 15) is 26.4 Å². The van der Waals surface area contributed by atoms with Crippen molar-refractivity contribution in [3.05, 3.63) is 77.9 Å². The molecule has 3 aromatic carbocycles. The van der Waals surface area contributed by atoms with E-state index in [1.165, 1.54) is 28.6 Å². The highest BCUT2D eigenvalue weighted by Gasteiger charge is 2.31. The number of unbranched alkanes of at least 4 members (excludes halogenated alkanes) is 1. The molecule has 1 fully saturated rings. The number of hydrogen-bond acceptors (Lipinski definition) is 5. The fourth-order valence-corrected chi connectivity index (χ4v) is 6.46. The number of nitrogens with zero attached hydrogens (tertiary/aromatic N) is 1. The SMILES string of the molecule is CCCCS(=O)(=O)N1CCC(Oc2cccc(NC(=O)c3cccc(C)c3-c3ccc(OC(F)(F)F)cc3)c2)CC1. The van der Waals surface area contributed by atoms with E-state index in [2.05, 4.69) is 10.1 Å². The molecule has 1 heterocycles. The van der Waals surface area contributed by atoms with E-state index in [1.54, 1.807) is 36.4 Å². The molecule has 0 aromatic heterocycles. The molecule has 0 bridgehead atoms. The molecule has 3 aromatic rings. The van der Waals surface area contributed by atoms with Gasteiger partial charge in [-0.1, -0.05) is 43.7 Å². The number of anilines is 1. The van der Waals surface area contributed by atoms with Crippen molar-refractivity contribution in [2.75, 3.05) is 24.2 Å². The number of nitrogens with one attached hydrogen (secondary N) is 1. The standard InChI is InChI=1S/C30H33F3N2O5S/c1-3-4-19-41(37,38)35-17-15-24(16-18-35)39-26-9-6-8-23(20-26)34-29(36)27-10-5-7-21(2)28(27)22-11-13-25(14-12-22)40-30(31,32)33/h5-14,20,24H,3-4,15-19H2,1-2H3,(H,34,36). The summed E-state index contributed by atoms with van der Waals surface area (Å²) in [6.45, 7) is 4.60. The second-order valence-electron chi connectivity index (χ2n) is 9.94. The van der Waals surface area contributed by atoms with E-state index >= 15 is 0 Å². The van der Waals surface area contributed by atoms with Gasteiger partial charge in [-0.15, -0.1) is 13.2 Å². The summed E-state index contributed by atoms with van der Waals surface area (Å²) in [5, 5.41) is 2.88. The summed E-state index contributed by atoms with van der Waals surface area (Å²) in [5.74, 6) is -0.0136. The van der Waals surface area contributed by atoms with Gasteiger partial charge in [-0.3, -0.25) is 4.79 Å². The summed E-state index contributed by atoms with van der Waals surface area (Å²) in [4.78, 5) is 13.3. The number of rotatable bonds is 10. The van der Waals surface area contributed by atoms with Crippen LogP contribution in [0.15, 0.2) is 66.7 Å². The van der Waals surface area contributed by atoms with Gasteiger partial charge < -0.3 is 14.8 Å². The van der Waals surface area contributed by atoms with Crippen molar-refractivity contribution in [3.8, 4) is 22.6 Å². The van der Waals surface area contributed by atoms with Crippen molar-refractivity contribution in [1.29, 1.82) is 0 Å². The predicted octanol–water partition coefficient (Wildman–Crippen LogP) is 6.79. The molecule has 0 spiro atoms. The summed E-state index contributed by atoms with van der Waals surface area (Å²) >= 11 is 0. The van der Waals surface area contributed by atoms with E-state index in [0.717, 1.165) is 12.0 Å². The molecule has 1 saturated heterocycles. The van der Waals surface area contributed by atoms with Crippen molar-refractivity contribution in [3.63, 3.8) is 0 Å². The fourth-order valence-electron chi connectivity index (χ4n) is 4.79.